The summed E-state index contributed by atoms with van der Waals surface area (Å²) in [7, 11) is 0. The maximum Gasteiger partial charge on any atom is 0.335 e. The highest BCUT2D eigenvalue weighted by molar-refractivity contribution is 5.92. The van der Waals surface area contributed by atoms with Crippen molar-refractivity contribution in [2.75, 3.05) is 5.53 Å². The number of carbonyl (C=O) groups is 1. The van der Waals surface area contributed by atoms with Crippen LogP contribution < -0.4 is 11.4 Å². The van der Waals surface area contributed by atoms with Gasteiger partial charge in [0.05, 0.1) is 16.6 Å². The van der Waals surface area contributed by atoms with Gasteiger partial charge < -0.3 is 5.11 Å². The van der Waals surface area contributed by atoms with E-state index in [4.69, 9.17) is 10.9 Å². The molecule has 0 amide bonds. The molecule has 0 aliphatic heterocycles. The number of aromatic carboxylic acids is 1. The summed E-state index contributed by atoms with van der Waals surface area (Å²) < 4.78 is 1.45. The molecule has 0 fully saturated rings. The zero-order valence-corrected chi connectivity index (χ0v) is 7.14. The fourth-order valence-electron chi connectivity index (χ4n) is 1.24. The SMILES string of the molecule is NNn1cnc2ccc(C(=O)O)cc21. The number of nitrogen functional groups attached to an aromatic ring is 1. The second-order valence-corrected chi connectivity index (χ2v) is 2.75. The number of carboxylic acid groups (broad SMARTS) is 1. The monoisotopic (exact) mass is 192 g/mol. The Hall–Kier alpha value is -2.08. The normalized spacial score (nSPS) is 10.4. The van der Waals surface area contributed by atoms with E-state index in [-0.39, 0.29) is 5.56 Å². The van der Waals surface area contributed by atoms with Gasteiger partial charge in [0.25, 0.3) is 0 Å². The van der Waals surface area contributed by atoms with Gasteiger partial charge in [0, 0.05) is 0 Å². The van der Waals surface area contributed by atoms with Gasteiger partial charge in [-0.25, -0.2) is 20.3 Å². The molecule has 6 heteroatoms. The van der Waals surface area contributed by atoms with Crippen LogP contribution in [0.3, 0.4) is 0 Å². The molecule has 0 unspecified atom stereocenters. The van der Waals surface area contributed by atoms with Crippen LogP contribution in [0.4, 0.5) is 0 Å². The summed E-state index contributed by atoms with van der Waals surface area (Å²) in [5.74, 6) is 4.24. The molecule has 0 atom stereocenters. The Morgan fingerprint density at radius 2 is 2.36 bits per heavy atom. The van der Waals surface area contributed by atoms with E-state index in [0.29, 0.717) is 11.0 Å². The number of hydrogen-bond donors (Lipinski definition) is 3. The van der Waals surface area contributed by atoms with Crippen LogP contribution in [0.2, 0.25) is 0 Å². The molecule has 1 aromatic heterocycles. The summed E-state index contributed by atoms with van der Waals surface area (Å²) >= 11 is 0. The highest BCUT2D eigenvalue weighted by Crippen LogP contribution is 2.13. The van der Waals surface area contributed by atoms with Crippen LogP contribution in [0.15, 0.2) is 24.5 Å². The van der Waals surface area contributed by atoms with Crippen LogP contribution in [0.5, 0.6) is 0 Å². The van der Waals surface area contributed by atoms with E-state index < -0.39 is 5.97 Å². The molecule has 0 saturated carbocycles. The molecule has 4 N–H and O–H groups in total. The van der Waals surface area contributed by atoms with Crippen molar-refractivity contribution in [2.45, 2.75) is 0 Å². The van der Waals surface area contributed by atoms with Crippen LogP contribution in [0, 0.1) is 0 Å². The van der Waals surface area contributed by atoms with E-state index in [1.54, 1.807) is 6.07 Å². The van der Waals surface area contributed by atoms with E-state index in [9.17, 15) is 4.79 Å². The number of hydrogen-bond acceptors (Lipinski definition) is 4. The molecule has 72 valence electrons. The lowest BCUT2D eigenvalue weighted by molar-refractivity contribution is 0.0697. The van der Waals surface area contributed by atoms with E-state index in [1.807, 2.05) is 0 Å². The van der Waals surface area contributed by atoms with Gasteiger partial charge in [-0.1, -0.05) is 0 Å². The van der Waals surface area contributed by atoms with Crippen molar-refractivity contribution in [1.82, 2.24) is 9.66 Å². The van der Waals surface area contributed by atoms with Crippen LogP contribution in [0.25, 0.3) is 11.0 Å². The second-order valence-electron chi connectivity index (χ2n) is 2.75. The molecule has 0 radical (unpaired) electrons. The van der Waals surface area contributed by atoms with Crippen LogP contribution in [0.1, 0.15) is 10.4 Å². The second kappa shape index (κ2) is 3.00. The van der Waals surface area contributed by atoms with Gasteiger partial charge in [-0.2, -0.15) is 0 Å². The first-order chi connectivity index (χ1) is 6.72. The number of nitrogens with two attached hydrogens (primary N) is 1. The molecule has 1 aromatic carbocycles. The fourth-order valence-corrected chi connectivity index (χ4v) is 1.24. The third kappa shape index (κ3) is 1.17. The molecular weight excluding hydrogens is 184 g/mol. The quantitative estimate of drug-likeness (QED) is 0.465. The minimum absolute atomic E-state index is 0.203. The average Bonchev–Trinajstić information content (AvgIpc) is 2.59. The van der Waals surface area contributed by atoms with Crippen molar-refractivity contribution in [1.29, 1.82) is 0 Å². The number of rotatable bonds is 2. The van der Waals surface area contributed by atoms with Gasteiger partial charge in [-0.3, -0.25) is 5.53 Å². The average molecular weight is 192 g/mol. The van der Waals surface area contributed by atoms with Crippen molar-refractivity contribution < 1.29 is 9.90 Å². The number of imidazole rings is 1. The molecule has 0 aliphatic rings. The lowest BCUT2D eigenvalue weighted by Gasteiger charge is -2.01. The van der Waals surface area contributed by atoms with Crippen molar-refractivity contribution in [3.63, 3.8) is 0 Å². The van der Waals surface area contributed by atoms with E-state index in [2.05, 4.69) is 10.5 Å². The number of benzene rings is 1. The maximum atomic E-state index is 10.7. The van der Waals surface area contributed by atoms with Gasteiger partial charge in [-0.05, 0) is 18.2 Å². The molecule has 0 spiro atoms. The number of hydrazine groups is 1. The summed E-state index contributed by atoms with van der Waals surface area (Å²) in [5, 5.41) is 8.76. The topological polar surface area (TPSA) is 93.2 Å². The molecule has 2 aromatic rings. The Bertz CT molecular complexity index is 491. The summed E-state index contributed by atoms with van der Waals surface area (Å²) in [5.41, 5.74) is 3.90. The van der Waals surface area contributed by atoms with Gasteiger partial charge in [0.2, 0.25) is 0 Å². The first kappa shape index (κ1) is 8.52. The highest BCUT2D eigenvalue weighted by Gasteiger charge is 2.06. The summed E-state index contributed by atoms with van der Waals surface area (Å²) in [4.78, 5) is 14.7. The first-order valence-corrected chi connectivity index (χ1v) is 3.89. The molecule has 0 aliphatic carbocycles. The summed E-state index contributed by atoms with van der Waals surface area (Å²) in [6, 6.07) is 4.63. The van der Waals surface area contributed by atoms with Crippen LogP contribution in [-0.2, 0) is 0 Å². The zero-order chi connectivity index (χ0) is 10.1. The van der Waals surface area contributed by atoms with Crippen molar-refractivity contribution >= 4 is 17.0 Å². The van der Waals surface area contributed by atoms with E-state index in [0.717, 1.165) is 0 Å². The molecular formula is C8H8N4O2. The minimum Gasteiger partial charge on any atom is -0.478 e. The van der Waals surface area contributed by atoms with Gasteiger partial charge in [-0.15, -0.1) is 0 Å². The molecule has 1 heterocycles. The van der Waals surface area contributed by atoms with Crippen molar-refractivity contribution in [2.24, 2.45) is 5.84 Å². The number of nitrogens with zero attached hydrogens (tertiary/aromatic N) is 2. The Morgan fingerprint density at radius 3 is 3.00 bits per heavy atom. The summed E-state index contributed by atoms with van der Waals surface area (Å²) in [6.07, 6.45) is 1.48. The molecule has 6 nitrogen and oxygen atoms in total. The third-order valence-electron chi connectivity index (χ3n) is 1.93. The van der Waals surface area contributed by atoms with Gasteiger partial charge >= 0.3 is 5.97 Å². The van der Waals surface area contributed by atoms with Crippen LogP contribution in [-0.4, -0.2) is 20.7 Å². The van der Waals surface area contributed by atoms with Gasteiger partial charge in [0.15, 0.2) is 0 Å². The highest BCUT2D eigenvalue weighted by atomic mass is 16.4. The number of nitrogens with one attached hydrogen (secondary N) is 1. The third-order valence-corrected chi connectivity index (χ3v) is 1.93. The first-order valence-electron chi connectivity index (χ1n) is 3.89. The van der Waals surface area contributed by atoms with E-state index >= 15 is 0 Å². The maximum absolute atomic E-state index is 10.7. The van der Waals surface area contributed by atoms with Crippen molar-refractivity contribution in [3.05, 3.63) is 30.1 Å². The lowest BCUT2D eigenvalue weighted by Crippen LogP contribution is -2.20. The minimum atomic E-state index is -0.975. The standard InChI is InChI=1S/C8H8N4O2/c9-11-12-4-10-6-2-1-5(8(13)14)3-7(6)12/h1-4,11H,9H2,(H,13,14). The zero-order valence-electron chi connectivity index (χ0n) is 7.14. The fraction of sp³-hybridized carbons (Fsp3) is 0. The Morgan fingerprint density at radius 1 is 1.57 bits per heavy atom. The molecule has 2 rings (SSSR count). The van der Waals surface area contributed by atoms with E-state index in [1.165, 1.54) is 23.1 Å². The number of aromatic nitrogens is 2. The van der Waals surface area contributed by atoms with Crippen LogP contribution >= 0.6 is 0 Å². The molecule has 0 saturated heterocycles. The Kier molecular flexibility index (Phi) is 1.83. The number of fused-ring (bicyclic) bond motifs is 1. The summed E-state index contributed by atoms with van der Waals surface area (Å²) in [6.45, 7) is 0. The van der Waals surface area contributed by atoms with Crippen molar-refractivity contribution in [3.8, 4) is 0 Å². The smallest absolute Gasteiger partial charge is 0.335 e. The number of carboxylic acids is 1. The predicted octanol–water partition coefficient (Wildman–Crippen LogP) is 0.152. The predicted molar refractivity (Wildman–Crippen MR) is 50.2 cm³/mol. The lowest BCUT2D eigenvalue weighted by atomic mass is 10.2. The molecule has 14 heavy (non-hydrogen) atoms. The largest absolute Gasteiger partial charge is 0.478 e. The Balaban J connectivity index is 2.67. The Labute approximate surface area is 78.9 Å². The van der Waals surface area contributed by atoms with Gasteiger partial charge in [0.1, 0.15) is 6.33 Å². The molecule has 0 bridgehead atoms.